The third-order valence-corrected chi connectivity index (χ3v) is 5.38. The molecule has 28 heavy (non-hydrogen) atoms. The number of rotatable bonds is 4. The molecule has 0 atom stereocenters. The van der Waals surface area contributed by atoms with E-state index in [0.717, 1.165) is 16.0 Å². The number of aromatic amines is 1. The minimum atomic E-state index is -0.365. The van der Waals surface area contributed by atoms with Gasteiger partial charge in [-0.3, -0.25) is 19.8 Å². The number of furan rings is 1. The van der Waals surface area contributed by atoms with Gasteiger partial charge in [0.2, 0.25) is 0 Å². The van der Waals surface area contributed by atoms with Crippen molar-refractivity contribution < 1.29 is 9.21 Å². The molecule has 2 N–H and O–H groups in total. The number of thiazole rings is 1. The van der Waals surface area contributed by atoms with E-state index in [2.05, 4.69) is 25.5 Å². The Morgan fingerprint density at radius 1 is 1.25 bits per heavy atom. The molecule has 1 amide bonds. The van der Waals surface area contributed by atoms with Crippen LogP contribution in [-0.2, 0) is 0 Å². The normalized spacial score (nSPS) is 11.2. The van der Waals surface area contributed by atoms with Gasteiger partial charge >= 0.3 is 0 Å². The molecule has 5 aromatic rings. The number of nitrogens with one attached hydrogen (secondary N) is 2. The minimum Gasteiger partial charge on any atom is -0.459 e. The van der Waals surface area contributed by atoms with Gasteiger partial charge in [0.1, 0.15) is 11.0 Å². The van der Waals surface area contributed by atoms with Crippen molar-refractivity contribution in [1.29, 1.82) is 0 Å². The van der Waals surface area contributed by atoms with Gasteiger partial charge in [-0.05, 0) is 18.2 Å². The summed E-state index contributed by atoms with van der Waals surface area (Å²) in [4.78, 5) is 20.8. The number of imidazole rings is 1. The highest BCUT2D eigenvalue weighted by Gasteiger charge is 2.19. The van der Waals surface area contributed by atoms with Crippen molar-refractivity contribution in [2.75, 3.05) is 5.32 Å². The maximum Gasteiger partial charge on any atom is 0.293 e. The second-order valence-corrected chi connectivity index (χ2v) is 7.21. The Bertz CT molecular complexity index is 1290. The summed E-state index contributed by atoms with van der Waals surface area (Å²) in [7, 11) is 0. The van der Waals surface area contributed by atoms with Gasteiger partial charge in [-0.1, -0.05) is 41.1 Å². The maximum atomic E-state index is 12.2. The fraction of sp³-hybridized carbons (Fsp3) is 0. The number of aromatic nitrogens is 5. The van der Waals surface area contributed by atoms with Crippen molar-refractivity contribution >= 4 is 44.3 Å². The van der Waals surface area contributed by atoms with Crippen molar-refractivity contribution in [1.82, 2.24) is 24.7 Å². The van der Waals surface area contributed by atoms with Crippen LogP contribution in [0.15, 0.2) is 59.6 Å². The largest absolute Gasteiger partial charge is 0.459 e. The predicted molar refractivity (Wildman–Crippen MR) is 106 cm³/mol. The topological polar surface area (TPSA) is 102 Å². The number of fused-ring (bicyclic) bond motifs is 1. The Morgan fingerprint density at radius 2 is 2.14 bits per heavy atom. The quantitative estimate of drug-likeness (QED) is 0.458. The molecule has 0 spiro atoms. The first-order chi connectivity index (χ1) is 13.7. The fourth-order valence-electron chi connectivity index (χ4n) is 2.82. The van der Waals surface area contributed by atoms with E-state index in [4.69, 9.17) is 16.0 Å². The molecule has 4 aromatic heterocycles. The van der Waals surface area contributed by atoms with Gasteiger partial charge in [0, 0.05) is 10.6 Å². The second kappa shape index (κ2) is 6.63. The number of hydrogen-bond acceptors (Lipinski definition) is 6. The van der Waals surface area contributed by atoms with Crippen molar-refractivity contribution in [3.63, 3.8) is 0 Å². The molecule has 0 aliphatic carbocycles. The molecular weight excluding hydrogens is 400 g/mol. The first-order valence-corrected chi connectivity index (χ1v) is 9.37. The van der Waals surface area contributed by atoms with Crippen LogP contribution in [0.25, 0.3) is 27.4 Å². The van der Waals surface area contributed by atoms with Gasteiger partial charge in [-0.15, -0.1) is 0 Å². The Balaban J connectivity index is 1.53. The van der Waals surface area contributed by atoms with Crippen LogP contribution >= 0.6 is 22.9 Å². The number of halogens is 1. The highest BCUT2D eigenvalue weighted by atomic mass is 35.5. The lowest BCUT2D eigenvalue weighted by molar-refractivity contribution is 0.0996. The van der Waals surface area contributed by atoms with E-state index in [1.54, 1.807) is 24.7 Å². The molecule has 0 aliphatic heterocycles. The second-order valence-electron chi connectivity index (χ2n) is 5.80. The zero-order valence-corrected chi connectivity index (χ0v) is 15.7. The molecule has 0 radical (unpaired) electrons. The summed E-state index contributed by atoms with van der Waals surface area (Å²) in [5.41, 5.74) is 2.20. The number of amides is 1. The van der Waals surface area contributed by atoms with Crippen LogP contribution in [0.4, 0.5) is 5.13 Å². The van der Waals surface area contributed by atoms with E-state index in [1.165, 1.54) is 17.6 Å². The highest BCUT2D eigenvalue weighted by Crippen LogP contribution is 2.34. The minimum absolute atomic E-state index is 0.216. The summed E-state index contributed by atoms with van der Waals surface area (Å²) >= 11 is 7.64. The van der Waals surface area contributed by atoms with E-state index in [0.29, 0.717) is 21.6 Å². The number of anilines is 1. The molecule has 1 aromatic carbocycles. The van der Waals surface area contributed by atoms with Crippen molar-refractivity contribution in [2.24, 2.45) is 0 Å². The molecule has 0 saturated carbocycles. The molecule has 0 fully saturated rings. The zero-order chi connectivity index (χ0) is 19.1. The Morgan fingerprint density at radius 3 is 2.96 bits per heavy atom. The maximum absolute atomic E-state index is 12.2. The summed E-state index contributed by atoms with van der Waals surface area (Å²) in [5, 5.41) is 11.0. The van der Waals surface area contributed by atoms with Gasteiger partial charge in [-0.25, -0.2) is 9.97 Å². The standard InChI is InChI=1S/C18H11ClN6O2S/c19-11-5-2-1-4-10(11)12-8-20-9-25(12)16-14-15(23-24-16)21-18(28-14)22-17(26)13-6-3-7-27-13/h1-9H,(H2,21,22,23,24,26). The molecule has 138 valence electrons. The van der Waals surface area contributed by atoms with Crippen LogP contribution < -0.4 is 5.32 Å². The lowest BCUT2D eigenvalue weighted by atomic mass is 10.1. The van der Waals surface area contributed by atoms with Crippen molar-refractivity contribution in [3.8, 4) is 17.1 Å². The molecule has 8 nitrogen and oxygen atoms in total. The van der Waals surface area contributed by atoms with E-state index in [1.807, 2.05) is 28.8 Å². The van der Waals surface area contributed by atoms with Crippen LogP contribution in [0.1, 0.15) is 10.6 Å². The van der Waals surface area contributed by atoms with E-state index >= 15 is 0 Å². The van der Waals surface area contributed by atoms with Crippen LogP contribution in [-0.4, -0.2) is 30.6 Å². The molecule has 0 bridgehead atoms. The summed E-state index contributed by atoms with van der Waals surface area (Å²) in [6, 6.07) is 10.8. The van der Waals surface area contributed by atoms with Crippen LogP contribution in [0.3, 0.4) is 0 Å². The monoisotopic (exact) mass is 410 g/mol. The number of benzene rings is 1. The van der Waals surface area contributed by atoms with Crippen molar-refractivity contribution in [3.05, 3.63) is 66.0 Å². The lowest BCUT2D eigenvalue weighted by Crippen LogP contribution is -2.10. The third-order valence-electron chi connectivity index (χ3n) is 4.08. The smallest absolute Gasteiger partial charge is 0.293 e. The zero-order valence-electron chi connectivity index (χ0n) is 14.1. The SMILES string of the molecule is O=C(Nc1nc2[nH]nc(-n3cncc3-c3ccccc3Cl)c2s1)c1ccco1. The van der Waals surface area contributed by atoms with Gasteiger partial charge in [0.25, 0.3) is 5.91 Å². The van der Waals surface area contributed by atoms with Gasteiger partial charge in [0.15, 0.2) is 22.4 Å². The average Bonchev–Trinajstić information content (AvgIpc) is 3.46. The Labute approximate surface area is 166 Å². The van der Waals surface area contributed by atoms with Gasteiger partial charge < -0.3 is 4.42 Å². The Hall–Kier alpha value is -3.43. The average molecular weight is 411 g/mol. The first-order valence-electron chi connectivity index (χ1n) is 8.18. The predicted octanol–water partition coefficient (Wildman–Crippen LogP) is 4.37. The van der Waals surface area contributed by atoms with Crippen molar-refractivity contribution in [2.45, 2.75) is 0 Å². The van der Waals surface area contributed by atoms with Crippen LogP contribution in [0.5, 0.6) is 0 Å². The Kier molecular flexibility index (Phi) is 3.96. The summed E-state index contributed by atoms with van der Waals surface area (Å²) < 4.78 is 7.71. The molecule has 10 heteroatoms. The summed E-state index contributed by atoms with van der Waals surface area (Å²) in [5.74, 6) is 0.474. The first kappa shape index (κ1) is 16.7. The summed E-state index contributed by atoms with van der Waals surface area (Å²) in [6.45, 7) is 0. The molecule has 0 saturated heterocycles. The van der Waals surface area contributed by atoms with Gasteiger partial charge in [0.05, 0.1) is 18.2 Å². The van der Waals surface area contributed by atoms with Gasteiger partial charge in [-0.2, -0.15) is 5.10 Å². The van der Waals surface area contributed by atoms with E-state index in [-0.39, 0.29) is 11.7 Å². The van der Waals surface area contributed by atoms with E-state index in [9.17, 15) is 4.79 Å². The highest BCUT2D eigenvalue weighted by molar-refractivity contribution is 7.22. The molecule has 4 heterocycles. The molecule has 5 rings (SSSR count). The summed E-state index contributed by atoms with van der Waals surface area (Å²) in [6.07, 6.45) is 4.83. The number of carbonyl (C=O) groups excluding carboxylic acids is 1. The third kappa shape index (κ3) is 2.77. The molecular formula is C18H11ClN6O2S. The number of H-pyrrole nitrogens is 1. The lowest BCUT2D eigenvalue weighted by Gasteiger charge is -2.06. The number of nitrogens with zero attached hydrogens (tertiary/aromatic N) is 4. The fourth-order valence-corrected chi connectivity index (χ4v) is 3.95. The van der Waals surface area contributed by atoms with E-state index < -0.39 is 0 Å². The molecule has 0 aliphatic rings. The van der Waals surface area contributed by atoms with Crippen LogP contribution in [0, 0.1) is 0 Å². The number of carbonyl (C=O) groups is 1. The van der Waals surface area contributed by atoms with Crippen LogP contribution in [0.2, 0.25) is 5.02 Å². The molecule has 0 unspecified atom stereocenters. The number of hydrogen-bond donors (Lipinski definition) is 2.